The molecule has 6 heteroatoms. The van der Waals surface area contributed by atoms with Gasteiger partial charge in [0.25, 0.3) is 0 Å². The van der Waals surface area contributed by atoms with Gasteiger partial charge in [0, 0.05) is 14.1 Å². The van der Waals surface area contributed by atoms with Crippen molar-refractivity contribution in [2.24, 2.45) is 0 Å². The Morgan fingerprint density at radius 1 is 1.26 bits per heavy atom. The second-order valence-electron chi connectivity index (χ2n) is 4.36. The highest BCUT2D eigenvalue weighted by molar-refractivity contribution is 6.23. The van der Waals surface area contributed by atoms with Crippen LogP contribution >= 0.6 is 0 Å². The van der Waals surface area contributed by atoms with Crippen LogP contribution in [0, 0.1) is 0 Å². The van der Waals surface area contributed by atoms with Gasteiger partial charge in [-0.25, -0.2) is 0 Å². The van der Waals surface area contributed by atoms with Gasteiger partial charge in [-0.3, -0.25) is 4.79 Å². The number of Topliss-reactive ketones (excluding diaryl/α,β-unsaturated/α-hetero) is 1. The molecule has 0 fully saturated rings. The second kappa shape index (κ2) is 4.60. The summed E-state index contributed by atoms with van der Waals surface area (Å²) in [6, 6.07) is 4.69. The lowest BCUT2D eigenvalue weighted by Gasteiger charge is -2.15. The van der Waals surface area contributed by atoms with Crippen LogP contribution in [-0.2, 0) is 15.7 Å². The number of alkyl halides is 3. The molecular formula is C13H12F3NO2. The van der Waals surface area contributed by atoms with E-state index in [1.54, 1.807) is 19.0 Å². The lowest BCUT2D eigenvalue weighted by Crippen LogP contribution is -2.12. The van der Waals surface area contributed by atoms with Gasteiger partial charge in [-0.05, 0) is 17.7 Å². The van der Waals surface area contributed by atoms with Crippen LogP contribution in [0.5, 0.6) is 0 Å². The molecule has 1 aliphatic rings. The van der Waals surface area contributed by atoms with Gasteiger partial charge in [0.1, 0.15) is 0 Å². The van der Waals surface area contributed by atoms with Crippen molar-refractivity contribution in [2.45, 2.75) is 6.18 Å². The Hall–Kier alpha value is -1.98. The fourth-order valence-corrected chi connectivity index (χ4v) is 1.89. The summed E-state index contributed by atoms with van der Waals surface area (Å²) < 4.78 is 43.2. The predicted octanol–water partition coefficient (Wildman–Crippen LogP) is 2.53. The molecule has 0 radical (unpaired) electrons. The maximum Gasteiger partial charge on any atom is 0.416 e. The van der Waals surface area contributed by atoms with E-state index in [4.69, 9.17) is 4.74 Å². The molecule has 1 aromatic carbocycles. The molecule has 0 aromatic heterocycles. The zero-order chi connectivity index (χ0) is 14.2. The highest BCUT2D eigenvalue weighted by Gasteiger charge is 2.33. The highest BCUT2D eigenvalue weighted by atomic mass is 19.4. The molecule has 0 spiro atoms. The predicted molar refractivity (Wildman–Crippen MR) is 63.0 cm³/mol. The number of hydrogen-bond donors (Lipinski definition) is 0. The standard InChI is InChI=1S/C13H12F3NO2/c1-17(2)12-11(10(18)7-19-12)8-4-3-5-9(6-8)13(14,15)16/h3-6H,7H2,1-2H3. The molecule has 1 aromatic rings. The van der Waals surface area contributed by atoms with Crippen molar-refractivity contribution in [1.82, 2.24) is 4.90 Å². The normalized spacial score (nSPS) is 15.7. The number of nitrogens with zero attached hydrogens (tertiary/aromatic N) is 1. The first-order valence-corrected chi connectivity index (χ1v) is 5.56. The molecule has 0 saturated heterocycles. The Labute approximate surface area is 108 Å². The molecule has 0 atom stereocenters. The summed E-state index contributed by atoms with van der Waals surface area (Å²) in [7, 11) is 3.34. The van der Waals surface area contributed by atoms with Crippen LogP contribution < -0.4 is 0 Å². The van der Waals surface area contributed by atoms with Crippen LogP contribution in [0.2, 0.25) is 0 Å². The lowest BCUT2D eigenvalue weighted by atomic mass is 10.0. The zero-order valence-electron chi connectivity index (χ0n) is 10.4. The quantitative estimate of drug-likeness (QED) is 0.828. The molecule has 0 bridgehead atoms. The van der Waals surface area contributed by atoms with Crippen LogP contribution in [0.4, 0.5) is 13.2 Å². The molecule has 0 N–H and O–H groups in total. The number of benzene rings is 1. The van der Waals surface area contributed by atoms with E-state index in [9.17, 15) is 18.0 Å². The van der Waals surface area contributed by atoms with E-state index >= 15 is 0 Å². The number of carbonyl (C=O) groups excluding carboxylic acids is 1. The number of rotatable bonds is 2. The summed E-state index contributed by atoms with van der Waals surface area (Å²) in [5, 5.41) is 0. The van der Waals surface area contributed by atoms with Crippen molar-refractivity contribution in [3.63, 3.8) is 0 Å². The van der Waals surface area contributed by atoms with Crippen molar-refractivity contribution in [1.29, 1.82) is 0 Å². The number of hydrogen-bond acceptors (Lipinski definition) is 3. The molecule has 0 amide bonds. The van der Waals surface area contributed by atoms with E-state index in [1.807, 2.05) is 0 Å². The monoisotopic (exact) mass is 271 g/mol. The smallest absolute Gasteiger partial charge is 0.416 e. The minimum Gasteiger partial charge on any atom is -0.470 e. The summed E-state index contributed by atoms with van der Waals surface area (Å²) in [5.41, 5.74) is -0.368. The van der Waals surface area contributed by atoms with Crippen LogP contribution in [0.3, 0.4) is 0 Å². The van der Waals surface area contributed by atoms with Gasteiger partial charge < -0.3 is 9.64 Å². The number of halogens is 3. The number of carbonyl (C=O) groups is 1. The highest BCUT2D eigenvalue weighted by Crippen LogP contribution is 2.33. The van der Waals surface area contributed by atoms with Crippen LogP contribution in [0.15, 0.2) is 30.1 Å². The van der Waals surface area contributed by atoms with Gasteiger partial charge in [0.2, 0.25) is 11.7 Å². The van der Waals surface area contributed by atoms with Gasteiger partial charge >= 0.3 is 6.18 Å². The van der Waals surface area contributed by atoms with Gasteiger partial charge in [-0.1, -0.05) is 12.1 Å². The van der Waals surface area contributed by atoms with E-state index in [-0.39, 0.29) is 23.5 Å². The summed E-state index contributed by atoms with van der Waals surface area (Å²) >= 11 is 0. The molecule has 0 unspecified atom stereocenters. The minimum atomic E-state index is -4.43. The maximum atomic E-state index is 12.7. The third kappa shape index (κ3) is 2.57. The Morgan fingerprint density at radius 2 is 1.95 bits per heavy atom. The van der Waals surface area contributed by atoms with E-state index < -0.39 is 11.7 Å². The first-order chi connectivity index (χ1) is 8.80. The van der Waals surface area contributed by atoms with E-state index in [2.05, 4.69) is 0 Å². The van der Waals surface area contributed by atoms with Crippen LogP contribution in [0.1, 0.15) is 11.1 Å². The summed E-state index contributed by atoms with van der Waals surface area (Å²) in [5.74, 6) is -0.0210. The fraction of sp³-hybridized carbons (Fsp3) is 0.308. The van der Waals surface area contributed by atoms with Crippen molar-refractivity contribution in [3.8, 4) is 0 Å². The molecule has 102 valence electrons. The molecule has 2 rings (SSSR count). The third-order valence-corrected chi connectivity index (χ3v) is 2.72. The molecule has 0 aliphatic carbocycles. The maximum absolute atomic E-state index is 12.7. The second-order valence-corrected chi connectivity index (χ2v) is 4.36. The van der Waals surface area contributed by atoms with Gasteiger partial charge in [-0.15, -0.1) is 0 Å². The third-order valence-electron chi connectivity index (χ3n) is 2.72. The average molecular weight is 271 g/mol. The average Bonchev–Trinajstić information content (AvgIpc) is 2.70. The minimum absolute atomic E-state index is 0.140. The molecular weight excluding hydrogens is 259 g/mol. The van der Waals surface area contributed by atoms with Crippen molar-refractivity contribution >= 4 is 11.4 Å². The molecule has 1 aliphatic heterocycles. The first-order valence-electron chi connectivity index (χ1n) is 5.56. The topological polar surface area (TPSA) is 29.5 Å². The molecule has 19 heavy (non-hydrogen) atoms. The summed E-state index contributed by atoms with van der Waals surface area (Å²) in [6.45, 7) is -0.140. The summed E-state index contributed by atoms with van der Waals surface area (Å²) in [4.78, 5) is 13.3. The fourth-order valence-electron chi connectivity index (χ4n) is 1.89. The van der Waals surface area contributed by atoms with Gasteiger partial charge in [0.05, 0.1) is 11.1 Å². The lowest BCUT2D eigenvalue weighted by molar-refractivity contribution is -0.137. The first kappa shape index (κ1) is 13.5. The number of ether oxygens (including phenoxy) is 1. The largest absolute Gasteiger partial charge is 0.470 e. The molecule has 3 nitrogen and oxygen atoms in total. The Bertz CT molecular complexity index is 547. The van der Waals surface area contributed by atoms with Crippen molar-refractivity contribution in [2.75, 3.05) is 20.7 Å². The van der Waals surface area contributed by atoms with E-state index in [0.29, 0.717) is 5.88 Å². The Kier molecular flexibility index (Phi) is 3.26. The van der Waals surface area contributed by atoms with Gasteiger partial charge in [-0.2, -0.15) is 13.2 Å². The van der Waals surface area contributed by atoms with Crippen molar-refractivity contribution < 1.29 is 22.7 Å². The Balaban J connectivity index is 2.52. The SMILES string of the molecule is CN(C)C1=C(c2cccc(C(F)(F)F)c2)C(=O)CO1. The van der Waals surface area contributed by atoms with E-state index in [1.165, 1.54) is 12.1 Å². The van der Waals surface area contributed by atoms with Crippen LogP contribution in [0.25, 0.3) is 5.57 Å². The Morgan fingerprint density at radius 3 is 2.53 bits per heavy atom. The molecule has 0 saturated carbocycles. The number of ketones is 1. The molecule has 1 heterocycles. The van der Waals surface area contributed by atoms with E-state index in [0.717, 1.165) is 12.1 Å². The van der Waals surface area contributed by atoms with Crippen molar-refractivity contribution in [3.05, 3.63) is 41.3 Å². The van der Waals surface area contributed by atoms with Crippen LogP contribution in [-0.4, -0.2) is 31.4 Å². The summed E-state index contributed by atoms with van der Waals surface area (Å²) in [6.07, 6.45) is -4.43. The van der Waals surface area contributed by atoms with Gasteiger partial charge in [0.15, 0.2) is 6.61 Å². The zero-order valence-corrected chi connectivity index (χ0v) is 10.4.